The molecule has 0 bridgehead atoms. The summed E-state index contributed by atoms with van der Waals surface area (Å²) in [6.45, 7) is 2.58. The first-order valence-corrected chi connectivity index (χ1v) is 8.53. The fourth-order valence-corrected chi connectivity index (χ4v) is 2.94. The van der Waals surface area contributed by atoms with Crippen LogP contribution in [-0.2, 0) is 6.61 Å². The van der Waals surface area contributed by atoms with Gasteiger partial charge in [-0.05, 0) is 48.4 Å². The highest BCUT2D eigenvalue weighted by atomic mass is 16.5. The summed E-state index contributed by atoms with van der Waals surface area (Å²) in [4.78, 5) is 4.79. The van der Waals surface area contributed by atoms with Gasteiger partial charge >= 0.3 is 0 Å². The van der Waals surface area contributed by atoms with E-state index in [1.165, 1.54) is 0 Å². The number of benzene rings is 2. The van der Waals surface area contributed by atoms with Gasteiger partial charge in [-0.1, -0.05) is 30.3 Å². The second-order valence-corrected chi connectivity index (χ2v) is 6.24. The molecule has 4 rings (SSSR count). The number of methoxy groups -OCH3 is 1. The summed E-state index contributed by atoms with van der Waals surface area (Å²) in [5.74, 6) is 1.62. The van der Waals surface area contributed by atoms with E-state index in [2.05, 4.69) is 25.3 Å². The summed E-state index contributed by atoms with van der Waals surface area (Å²) in [7, 11) is 1.67. The molecule has 0 saturated carbocycles. The van der Waals surface area contributed by atoms with Gasteiger partial charge in [0.1, 0.15) is 12.4 Å². The Labute approximate surface area is 152 Å². The number of aromatic nitrogens is 2. The molecule has 0 radical (unpaired) electrons. The molecular formula is C22H20N2O2. The van der Waals surface area contributed by atoms with E-state index in [-0.39, 0.29) is 0 Å². The highest BCUT2D eigenvalue weighted by molar-refractivity contribution is 5.67. The van der Waals surface area contributed by atoms with E-state index in [1.54, 1.807) is 7.11 Å². The summed E-state index contributed by atoms with van der Waals surface area (Å²) in [5.41, 5.74) is 5.02. The van der Waals surface area contributed by atoms with E-state index in [1.807, 2.05) is 59.1 Å². The number of fused-ring (bicyclic) bond motifs is 1. The number of aryl methyl sites for hydroxylation is 1. The molecule has 0 unspecified atom stereocenters. The fourth-order valence-electron chi connectivity index (χ4n) is 2.94. The third kappa shape index (κ3) is 3.26. The lowest BCUT2D eigenvalue weighted by molar-refractivity contribution is 0.308. The van der Waals surface area contributed by atoms with Crippen molar-refractivity contribution in [1.29, 1.82) is 0 Å². The fraction of sp³-hybridized carbons (Fsp3) is 0.136. The van der Waals surface area contributed by atoms with Crippen LogP contribution in [0.25, 0.3) is 16.9 Å². The van der Waals surface area contributed by atoms with Gasteiger partial charge in [0.25, 0.3) is 0 Å². The van der Waals surface area contributed by atoms with Crippen LogP contribution in [0.1, 0.15) is 11.1 Å². The summed E-state index contributed by atoms with van der Waals surface area (Å²) in [6, 6.07) is 20.1. The monoisotopic (exact) mass is 344 g/mol. The summed E-state index contributed by atoms with van der Waals surface area (Å²) in [5, 5.41) is 0. The Balaban J connectivity index is 1.68. The van der Waals surface area contributed by atoms with Gasteiger partial charge in [-0.3, -0.25) is 0 Å². The van der Waals surface area contributed by atoms with Crippen LogP contribution in [-0.4, -0.2) is 16.5 Å². The maximum absolute atomic E-state index is 6.07. The first-order chi connectivity index (χ1) is 12.7. The van der Waals surface area contributed by atoms with Crippen LogP contribution in [0.3, 0.4) is 0 Å². The first-order valence-electron chi connectivity index (χ1n) is 8.53. The zero-order chi connectivity index (χ0) is 17.9. The molecule has 0 atom stereocenters. The molecule has 0 N–H and O–H groups in total. The predicted molar refractivity (Wildman–Crippen MR) is 103 cm³/mol. The lowest BCUT2D eigenvalue weighted by Gasteiger charge is -2.08. The quantitative estimate of drug-likeness (QED) is 0.517. The topological polar surface area (TPSA) is 35.8 Å². The molecule has 2 heterocycles. The van der Waals surface area contributed by atoms with E-state index < -0.39 is 0 Å². The average molecular weight is 344 g/mol. The van der Waals surface area contributed by atoms with E-state index in [4.69, 9.17) is 14.5 Å². The van der Waals surface area contributed by atoms with Crippen molar-refractivity contribution in [2.24, 2.45) is 0 Å². The summed E-state index contributed by atoms with van der Waals surface area (Å²) in [6.07, 6.45) is 4.09. The van der Waals surface area contributed by atoms with Crippen molar-refractivity contribution >= 4 is 5.65 Å². The highest BCUT2D eigenvalue weighted by Gasteiger charge is 2.11. The second-order valence-electron chi connectivity index (χ2n) is 6.24. The number of nitrogens with zero attached hydrogens (tertiary/aromatic N) is 2. The second kappa shape index (κ2) is 6.92. The molecule has 0 fully saturated rings. The van der Waals surface area contributed by atoms with Crippen LogP contribution >= 0.6 is 0 Å². The number of rotatable bonds is 5. The molecule has 130 valence electrons. The van der Waals surface area contributed by atoms with Crippen LogP contribution in [0.4, 0.5) is 0 Å². The van der Waals surface area contributed by atoms with Crippen LogP contribution < -0.4 is 9.47 Å². The van der Waals surface area contributed by atoms with Gasteiger partial charge in [-0.2, -0.15) is 0 Å². The van der Waals surface area contributed by atoms with Gasteiger partial charge in [0.15, 0.2) is 11.4 Å². The molecule has 0 amide bonds. The number of hydrogen-bond donors (Lipinski definition) is 0. The van der Waals surface area contributed by atoms with Crippen LogP contribution in [0.2, 0.25) is 0 Å². The third-order valence-electron chi connectivity index (χ3n) is 4.28. The molecule has 26 heavy (non-hydrogen) atoms. The molecule has 0 saturated heterocycles. The van der Waals surface area contributed by atoms with Crippen molar-refractivity contribution in [2.75, 3.05) is 7.11 Å². The van der Waals surface area contributed by atoms with Crippen molar-refractivity contribution < 1.29 is 9.47 Å². The normalized spacial score (nSPS) is 10.8. The SMILES string of the molecule is COc1ccc(-c2cn3cc(C)cc(OCc4ccccc4)c3n2)cc1. The van der Waals surface area contributed by atoms with Gasteiger partial charge in [0.2, 0.25) is 0 Å². The van der Waals surface area contributed by atoms with Gasteiger partial charge in [0.05, 0.1) is 12.8 Å². The van der Waals surface area contributed by atoms with Gasteiger partial charge in [-0.15, -0.1) is 0 Å². The van der Waals surface area contributed by atoms with Crippen molar-refractivity contribution in [3.63, 3.8) is 0 Å². The van der Waals surface area contributed by atoms with E-state index in [0.29, 0.717) is 6.61 Å². The molecule has 4 aromatic rings. The van der Waals surface area contributed by atoms with Crippen molar-refractivity contribution in [2.45, 2.75) is 13.5 Å². The Kier molecular flexibility index (Phi) is 4.32. The van der Waals surface area contributed by atoms with Crippen LogP contribution in [0.15, 0.2) is 73.1 Å². The van der Waals surface area contributed by atoms with Gasteiger partial charge in [-0.25, -0.2) is 4.98 Å². The first kappa shape index (κ1) is 16.2. The van der Waals surface area contributed by atoms with Crippen molar-refractivity contribution in [3.05, 3.63) is 84.2 Å². The lowest BCUT2D eigenvalue weighted by Crippen LogP contribution is -1.98. The summed E-state index contributed by atoms with van der Waals surface area (Å²) < 4.78 is 13.3. The molecule has 0 aliphatic rings. The predicted octanol–water partition coefficient (Wildman–Crippen LogP) is 4.90. The Hall–Kier alpha value is -3.27. The lowest BCUT2D eigenvalue weighted by atomic mass is 10.2. The molecule has 2 aromatic carbocycles. The molecular weight excluding hydrogens is 324 g/mol. The minimum atomic E-state index is 0.519. The molecule has 4 nitrogen and oxygen atoms in total. The standard InChI is InChI=1S/C22H20N2O2/c1-16-12-21(26-15-17-6-4-3-5-7-17)22-23-20(14-24(22)13-16)18-8-10-19(25-2)11-9-18/h3-14H,15H2,1-2H3. The van der Waals surface area contributed by atoms with Gasteiger partial charge < -0.3 is 13.9 Å². The largest absolute Gasteiger partial charge is 0.497 e. The molecule has 0 aliphatic heterocycles. The van der Waals surface area contributed by atoms with Crippen molar-refractivity contribution in [3.8, 4) is 22.8 Å². The van der Waals surface area contributed by atoms with E-state index in [9.17, 15) is 0 Å². The van der Waals surface area contributed by atoms with Gasteiger partial charge in [0, 0.05) is 18.0 Å². The zero-order valence-corrected chi connectivity index (χ0v) is 14.8. The third-order valence-corrected chi connectivity index (χ3v) is 4.28. The summed E-state index contributed by atoms with van der Waals surface area (Å²) >= 11 is 0. The minimum Gasteiger partial charge on any atom is -0.497 e. The van der Waals surface area contributed by atoms with E-state index >= 15 is 0 Å². The minimum absolute atomic E-state index is 0.519. The molecule has 0 spiro atoms. The average Bonchev–Trinajstić information content (AvgIpc) is 3.11. The number of pyridine rings is 1. The molecule has 2 aromatic heterocycles. The maximum Gasteiger partial charge on any atom is 0.180 e. The highest BCUT2D eigenvalue weighted by Crippen LogP contribution is 2.27. The molecule has 0 aliphatic carbocycles. The maximum atomic E-state index is 6.07. The molecule has 4 heteroatoms. The number of imidazole rings is 1. The Morgan fingerprint density at radius 1 is 0.962 bits per heavy atom. The number of ether oxygens (including phenoxy) is 2. The Bertz CT molecular complexity index is 1020. The van der Waals surface area contributed by atoms with Crippen LogP contribution in [0, 0.1) is 6.92 Å². The zero-order valence-electron chi connectivity index (χ0n) is 14.8. The van der Waals surface area contributed by atoms with Crippen molar-refractivity contribution in [1.82, 2.24) is 9.38 Å². The van der Waals surface area contributed by atoms with E-state index in [0.717, 1.165) is 39.5 Å². The Morgan fingerprint density at radius 3 is 2.46 bits per heavy atom. The number of hydrogen-bond acceptors (Lipinski definition) is 3. The smallest absolute Gasteiger partial charge is 0.180 e. The van der Waals surface area contributed by atoms with Crippen LogP contribution in [0.5, 0.6) is 11.5 Å². The Morgan fingerprint density at radius 2 is 1.73 bits per heavy atom.